The Balaban J connectivity index is 1.38. The van der Waals surface area contributed by atoms with Crippen LogP contribution in [0.25, 0.3) is 49.5 Å². The van der Waals surface area contributed by atoms with E-state index in [2.05, 4.69) is 85.3 Å². The fourth-order valence-corrected chi connectivity index (χ4v) is 5.70. The third-order valence-corrected chi connectivity index (χ3v) is 7.71. The van der Waals surface area contributed by atoms with E-state index in [1.165, 1.54) is 18.4 Å². The first-order valence-electron chi connectivity index (χ1n) is 12.3. The van der Waals surface area contributed by atoms with Crippen molar-refractivity contribution in [3.8, 4) is 22.0 Å². The summed E-state index contributed by atoms with van der Waals surface area (Å²) in [6.45, 7) is 9.39. The highest BCUT2D eigenvalue weighted by Crippen LogP contribution is 2.34. The summed E-state index contributed by atoms with van der Waals surface area (Å²) in [6, 6.07) is 10.5. The summed E-state index contributed by atoms with van der Waals surface area (Å²) in [5, 5.41) is 11.8. The molecule has 36 heavy (non-hydrogen) atoms. The lowest BCUT2D eigenvalue weighted by atomic mass is 10.0. The van der Waals surface area contributed by atoms with E-state index in [0.717, 1.165) is 69.0 Å². The summed E-state index contributed by atoms with van der Waals surface area (Å²) >= 11 is 1.70. The smallest absolute Gasteiger partial charge is 0.181 e. The van der Waals surface area contributed by atoms with Crippen molar-refractivity contribution in [1.29, 1.82) is 0 Å². The van der Waals surface area contributed by atoms with E-state index in [1.807, 2.05) is 24.5 Å². The van der Waals surface area contributed by atoms with Gasteiger partial charge >= 0.3 is 0 Å². The first-order chi connectivity index (χ1) is 17.7. The number of hydrogen-bond acceptors (Lipinski definition) is 5. The van der Waals surface area contributed by atoms with Gasteiger partial charge in [-0.2, -0.15) is 5.10 Å². The molecule has 2 N–H and O–H groups in total. The summed E-state index contributed by atoms with van der Waals surface area (Å²) in [7, 11) is 0. The molecular formula is C29H28N6S. The summed E-state index contributed by atoms with van der Waals surface area (Å²) in [6.07, 6.45) is 12.7. The molecule has 0 amide bonds. The summed E-state index contributed by atoms with van der Waals surface area (Å²) in [4.78, 5) is 16.5. The van der Waals surface area contributed by atoms with E-state index in [9.17, 15) is 0 Å². The van der Waals surface area contributed by atoms with Crippen molar-refractivity contribution in [2.24, 2.45) is 0 Å². The number of allylic oxidation sites excluding steroid dienone is 3. The molecule has 1 aliphatic heterocycles. The predicted octanol–water partition coefficient (Wildman–Crippen LogP) is 6.84. The topological polar surface area (TPSA) is 73.5 Å². The number of rotatable bonds is 7. The van der Waals surface area contributed by atoms with Crippen molar-refractivity contribution in [1.82, 2.24) is 30.0 Å². The Kier molecular flexibility index (Phi) is 6.09. The minimum Gasteiger partial charge on any atom is -0.353 e. The van der Waals surface area contributed by atoms with Crippen LogP contribution in [0.5, 0.6) is 0 Å². The van der Waals surface area contributed by atoms with E-state index >= 15 is 0 Å². The highest BCUT2D eigenvalue weighted by atomic mass is 32.1. The van der Waals surface area contributed by atoms with Gasteiger partial charge in [0.2, 0.25) is 0 Å². The van der Waals surface area contributed by atoms with E-state index in [0.29, 0.717) is 5.65 Å². The van der Waals surface area contributed by atoms with Crippen LogP contribution in [-0.4, -0.2) is 49.7 Å². The van der Waals surface area contributed by atoms with Crippen molar-refractivity contribution < 1.29 is 0 Å². The highest BCUT2D eigenvalue weighted by Gasteiger charge is 2.16. The van der Waals surface area contributed by atoms with E-state index < -0.39 is 0 Å². The monoisotopic (exact) mass is 492 g/mol. The third-order valence-electron chi connectivity index (χ3n) is 6.83. The lowest BCUT2D eigenvalue weighted by Crippen LogP contribution is -2.21. The number of aromatic amines is 2. The lowest BCUT2D eigenvalue weighted by Gasteiger charge is -2.15. The van der Waals surface area contributed by atoms with Crippen molar-refractivity contribution >= 4 is 38.8 Å². The minimum absolute atomic E-state index is 0.699. The number of thiophene rings is 1. The molecule has 1 saturated heterocycles. The molecular weight excluding hydrogens is 464 g/mol. The van der Waals surface area contributed by atoms with Crippen molar-refractivity contribution in [2.45, 2.75) is 19.8 Å². The molecule has 5 aromatic heterocycles. The van der Waals surface area contributed by atoms with Crippen LogP contribution < -0.4 is 0 Å². The number of fused-ring (bicyclic) bond motifs is 2. The van der Waals surface area contributed by atoms with Gasteiger partial charge in [-0.05, 0) is 73.6 Å². The van der Waals surface area contributed by atoms with E-state index in [4.69, 9.17) is 0 Å². The van der Waals surface area contributed by atoms with Gasteiger partial charge in [0.05, 0.1) is 22.0 Å². The first-order valence-corrected chi connectivity index (χ1v) is 13.2. The van der Waals surface area contributed by atoms with Crippen LogP contribution in [0, 0.1) is 0 Å². The molecule has 0 atom stereocenters. The average molecular weight is 493 g/mol. The van der Waals surface area contributed by atoms with E-state index in [-0.39, 0.29) is 0 Å². The predicted molar refractivity (Wildman–Crippen MR) is 150 cm³/mol. The number of hydrogen-bond donors (Lipinski definition) is 2. The van der Waals surface area contributed by atoms with Crippen LogP contribution in [0.1, 0.15) is 25.3 Å². The van der Waals surface area contributed by atoms with Gasteiger partial charge in [0.15, 0.2) is 5.65 Å². The normalized spacial score (nSPS) is 15.4. The molecule has 0 unspecified atom stereocenters. The number of H-pyrrole nitrogens is 2. The Morgan fingerprint density at radius 1 is 1.17 bits per heavy atom. The SMILES string of the molecule is C=C/C(=C\C(=C/C)c1cnc2n[nH]c(-c3cc4c(-c5cccs5)nccc4[nH]3)c2c1)CN1CCCC1. The molecule has 7 heteroatoms. The number of pyridine rings is 2. The fraction of sp³-hybridized carbons (Fsp3) is 0.207. The van der Waals surface area contributed by atoms with Crippen LogP contribution in [-0.2, 0) is 0 Å². The quantitative estimate of drug-likeness (QED) is 0.244. The molecule has 1 aliphatic rings. The molecule has 0 saturated carbocycles. The van der Waals surface area contributed by atoms with Gasteiger partial charge in [0, 0.05) is 40.8 Å². The van der Waals surface area contributed by atoms with Crippen molar-refractivity contribution in [2.75, 3.05) is 19.6 Å². The number of aromatic nitrogens is 5. The molecule has 0 spiro atoms. The number of likely N-dealkylation sites (tertiary alicyclic amines) is 1. The Bertz CT molecular complexity index is 1600. The minimum atomic E-state index is 0.699. The van der Waals surface area contributed by atoms with Gasteiger partial charge in [-0.15, -0.1) is 11.3 Å². The molecule has 0 aromatic carbocycles. The Morgan fingerprint density at radius 3 is 2.83 bits per heavy atom. The molecule has 0 aliphatic carbocycles. The number of nitrogens with zero attached hydrogens (tertiary/aromatic N) is 4. The number of nitrogens with one attached hydrogen (secondary N) is 2. The Morgan fingerprint density at radius 2 is 2.06 bits per heavy atom. The maximum Gasteiger partial charge on any atom is 0.181 e. The van der Waals surface area contributed by atoms with Crippen LogP contribution >= 0.6 is 11.3 Å². The van der Waals surface area contributed by atoms with Gasteiger partial charge in [0.25, 0.3) is 0 Å². The zero-order chi connectivity index (χ0) is 24.5. The van der Waals surface area contributed by atoms with Crippen LogP contribution in [0.4, 0.5) is 0 Å². The Labute approximate surface area is 214 Å². The third kappa shape index (κ3) is 4.21. The molecule has 6 nitrogen and oxygen atoms in total. The van der Waals surface area contributed by atoms with Gasteiger partial charge in [-0.25, -0.2) is 4.98 Å². The molecule has 6 heterocycles. The largest absolute Gasteiger partial charge is 0.353 e. The van der Waals surface area contributed by atoms with Gasteiger partial charge in [-0.1, -0.05) is 30.9 Å². The second-order valence-electron chi connectivity index (χ2n) is 9.13. The average Bonchev–Trinajstić information content (AvgIpc) is 3.72. The summed E-state index contributed by atoms with van der Waals surface area (Å²) < 4.78 is 0. The molecule has 0 radical (unpaired) electrons. The Hall–Kier alpha value is -3.81. The zero-order valence-electron chi connectivity index (χ0n) is 20.3. The van der Waals surface area contributed by atoms with Crippen LogP contribution in [0.3, 0.4) is 0 Å². The second-order valence-corrected chi connectivity index (χ2v) is 10.1. The second kappa shape index (κ2) is 9.68. The van der Waals surface area contributed by atoms with Crippen LogP contribution in [0.2, 0.25) is 0 Å². The zero-order valence-corrected chi connectivity index (χ0v) is 21.1. The van der Waals surface area contributed by atoms with Crippen LogP contribution in [0.15, 0.2) is 78.5 Å². The molecule has 0 bridgehead atoms. The molecule has 5 aromatic rings. The van der Waals surface area contributed by atoms with Gasteiger partial charge < -0.3 is 4.98 Å². The first kappa shape index (κ1) is 22.6. The summed E-state index contributed by atoms with van der Waals surface area (Å²) in [5.74, 6) is 0. The van der Waals surface area contributed by atoms with Crippen molar-refractivity contribution in [3.63, 3.8) is 0 Å². The summed E-state index contributed by atoms with van der Waals surface area (Å²) in [5.41, 5.74) is 8.04. The molecule has 180 valence electrons. The van der Waals surface area contributed by atoms with Gasteiger partial charge in [0.1, 0.15) is 0 Å². The maximum atomic E-state index is 4.67. The van der Waals surface area contributed by atoms with Gasteiger partial charge in [-0.3, -0.25) is 15.0 Å². The maximum absolute atomic E-state index is 4.67. The fourth-order valence-electron chi connectivity index (χ4n) is 4.96. The molecule has 1 fully saturated rings. The van der Waals surface area contributed by atoms with Crippen molar-refractivity contribution in [3.05, 3.63) is 84.0 Å². The molecule has 6 rings (SSSR count). The lowest BCUT2D eigenvalue weighted by molar-refractivity contribution is 0.371. The standard InChI is InChI=1S/C29H28N6S/c1-3-19(18-35-11-5-6-12-35)14-20(4-2)21-15-23-27(33-34-29(23)31-17-21)25-16-22-24(32-25)9-10-30-28(22)26-8-7-13-36-26/h3-4,7-10,13-17,32H,1,5-6,11-12,18H2,2H3,(H,31,33,34)/b19-14+,20-4+. The highest BCUT2D eigenvalue weighted by molar-refractivity contribution is 7.13. The van der Waals surface area contributed by atoms with E-state index in [1.54, 1.807) is 11.3 Å².